The second-order valence-corrected chi connectivity index (χ2v) is 8.76. The zero-order valence-electron chi connectivity index (χ0n) is 17.3. The van der Waals surface area contributed by atoms with E-state index in [4.69, 9.17) is 32.0 Å². The van der Waals surface area contributed by atoms with E-state index in [0.717, 1.165) is 35.4 Å². The van der Waals surface area contributed by atoms with Crippen LogP contribution in [0.25, 0.3) is 22.4 Å². The van der Waals surface area contributed by atoms with Gasteiger partial charge < -0.3 is 13.7 Å². The van der Waals surface area contributed by atoms with Crippen molar-refractivity contribution < 1.29 is 13.6 Å². The molecule has 1 saturated heterocycles. The van der Waals surface area contributed by atoms with Crippen LogP contribution >= 0.6 is 23.2 Å². The Kier molecular flexibility index (Phi) is 5.89. The first kappa shape index (κ1) is 21.0. The van der Waals surface area contributed by atoms with Crippen molar-refractivity contribution in [3.63, 3.8) is 0 Å². The van der Waals surface area contributed by atoms with E-state index >= 15 is 0 Å². The van der Waals surface area contributed by atoms with Gasteiger partial charge in [0.15, 0.2) is 23.1 Å². The number of oxazole rings is 2. The molecule has 6 nitrogen and oxygen atoms in total. The Bertz CT molecular complexity index is 1260. The van der Waals surface area contributed by atoms with Gasteiger partial charge in [0.2, 0.25) is 5.91 Å². The van der Waals surface area contributed by atoms with Gasteiger partial charge in [0.25, 0.3) is 0 Å². The van der Waals surface area contributed by atoms with Crippen LogP contribution in [0.15, 0.2) is 57.5 Å². The minimum atomic E-state index is 0.102. The Labute approximate surface area is 195 Å². The van der Waals surface area contributed by atoms with Gasteiger partial charge >= 0.3 is 0 Å². The summed E-state index contributed by atoms with van der Waals surface area (Å²) in [6.07, 6.45) is 4.10. The van der Waals surface area contributed by atoms with Crippen LogP contribution in [0.2, 0.25) is 10.0 Å². The molecule has 4 aromatic rings. The van der Waals surface area contributed by atoms with Crippen LogP contribution in [-0.4, -0.2) is 33.9 Å². The number of hydrogen-bond acceptors (Lipinski definition) is 5. The third kappa shape index (κ3) is 4.38. The van der Waals surface area contributed by atoms with E-state index in [-0.39, 0.29) is 11.8 Å². The third-order valence-corrected chi connectivity index (χ3v) is 6.37. The highest BCUT2D eigenvalue weighted by molar-refractivity contribution is 6.33. The lowest BCUT2D eigenvalue weighted by Crippen LogP contribution is -2.38. The van der Waals surface area contributed by atoms with Crippen molar-refractivity contribution in [1.82, 2.24) is 14.9 Å². The van der Waals surface area contributed by atoms with Crippen LogP contribution in [0, 0.1) is 0 Å². The highest BCUT2D eigenvalue weighted by Gasteiger charge is 2.27. The van der Waals surface area contributed by atoms with Gasteiger partial charge in [0.1, 0.15) is 5.52 Å². The number of nitrogens with zero attached hydrogens (tertiary/aromatic N) is 3. The van der Waals surface area contributed by atoms with Crippen molar-refractivity contribution >= 4 is 40.2 Å². The molecule has 1 aliphatic heterocycles. The molecular weight excluding hydrogens is 449 g/mol. The van der Waals surface area contributed by atoms with Gasteiger partial charge in [-0.3, -0.25) is 4.79 Å². The number of aryl methyl sites for hydroxylation is 1. The quantitative estimate of drug-likeness (QED) is 0.351. The van der Waals surface area contributed by atoms with Crippen LogP contribution in [0.1, 0.15) is 37.0 Å². The minimum absolute atomic E-state index is 0.102. The summed E-state index contributed by atoms with van der Waals surface area (Å²) >= 11 is 12.3. The molecule has 0 saturated carbocycles. The molecule has 3 heterocycles. The summed E-state index contributed by atoms with van der Waals surface area (Å²) in [5, 5.41) is 1.25. The predicted octanol–water partition coefficient (Wildman–Crippen LogP) is 6.13. The highest BCUT2D eigenvalue weighted by atomic mass is 35.5. The second kappa shape index (κ2) is 8.96. The second-order valence-electron chi connectivity index (χ2n) is 7.92. The normalized spacial score (nSPS) is 14.9. The smallest absolute Gasteiger partial charge is 0.223 e. The van der Waals surface area contributed by atoms with Gasteiger partial charge in [-0.1, -0.05) is 35.3 Å². The number of carbonyl (C=O) groups excluding carboxylic acids is 1. The van der Waals surface area contributed by atoms with Crippen LogP contribution < -0.4 is 0 Å². The Morgan fingerprint density at radius 2 is 1.91 bits per heavy atom. The number of benzene rings is 2. The first-order valence-electron chi connectivity index (χ1n) is 10.6. The minimum Gasteiger partial charge on any atom is -0.441 e. The molecule has 8 heteroatoms. The largest absolute Gasteiger partial charge is 0.441 e. The number of amides is 1. The van der Waals surface area contributed by atoms with E-state index in [0.29, 0.717) is 47.6 Å². The van der Waals surface area contributed by atoms with Gasteiger partial charge in [-0.05, 0) is 43.2 Å². The Morgan fingerprint density at radius 1 is 1.09 bits per heavy atom. The van der Waals surface area contributed by atoms with Crippen LogP contribution in [0.3, 0.4) is 0 Å². The van der Waals surface area contributed by atoms with E-state index in [1.54, 1.807) is 12.3 Å². The van der Waals surface area contributed by atoms with E-state index in [1.165, 1.54) is 0 Å². The molecule has 0 unspecified atom stereocenters. The molecule has 1 amide bonds. The van der Waals surface area contributed by atoms with Gasteiger partial charge in [-0.2, -0.15) is 0 Å². The summed E-state index contributed by atoms with van der Waals surface area (Å²) in [5.74, 6) is 2.17. The van der Waals surface area contributed by atoms with Crippen molar-refractivity contribution in [3.05, 3.63) is 70.5 Å². The van der Waals surface area contributed by atoms with Crippen molar-refractivity contribution in [3.8, 4) is 11.3 Å². The van der Waals surface area contributed by atoms with Crippen LogP contribution in [0.4, 0.5) is 0 Å². The molecule has 0 spiro atoms. The van der Waals surface area contributed by atoms with Gasteiger partial charge in [-0.15, -0.1) is 0 Å². The number of aromatic nitrogens is 2. The predicted molar refractivity (Wildman–Crippen MR) is 123 cm³/mol. The lowest BCUT2D eigenvalue weighted by Gasteiger charge is -2.30. The molecule has 0 aliphatic carbocycles. The number of rotatable bonds is 5. The van der Waals surface area contributed by atoms with Crippen molar-refractivity contribution in [1.29, 1.82) is 0 Å². The van der Waals surface area contributed by atoms with Crippen LogP contribution in [-0.2, 0) is 11.2 Å². The zero-order valence-corrected chi connectivity index (χ0v) is 18.8. The maximum Gasteiger partial charge on any atom is 0.223 e. The molecule has 0 radical (unpaired) electrons. The lowest BCUT2D eigenvalue weighted by molar-refractivity contribution is -0.132. The number of fused-ring (bicyclic) bond motifs is 1. The molecule has 2 aromatic heterocycles. The van der Waals surface area contributed by atoms with Crippen molar-refractivity contribution in [2.45, 2.75) is 31.6 Å². The highest BCUT2D eigenvalue weighted by Crippen LogP contribution is 2.31. The fourth-order valence-electron chi connectivity index (χ4n) is 4.05. The first-order valence-corrected chi connectivity index (χ1v) is 11.4. The van der Waals surface area contributed by atoms with Crippen molar-refractivity contribution in [2.24, 2.45) is 0 Å². The number of hydrogen-bond donors (Lipinski definition) is 0. The molecule has 1 fully saturated rings. The summed E-state index contributed by atoms with van der Waals surface area (Å²) in [5.41, 5.74) is 2.31. The Balaban J connectivity index is 1.15. The van der Waals surface area contributed by atoms with E-state index in [1.807, 2.05) is 41.3 Å². The molecule has 0 N–H and O–H groups in total. The topological polar surface area (TPSA) is 72.4 Å². The summed E-state index contributed by atoms with van der Waals surface area (Å²) in [7, 11) is 0. The standard InChI is InChI=1S/C24H21Cl2N3O3/c25-16-5-6-20-19(13-16)28-24(32-20)15-9-11-29(12-10-15)23(30)8-7-22-27-14-21(31-22)17-3-1-2-4-18(17)26/h1-6,13-15H,7-12H2. The van der Waals surface area contributed by atoms with Crippen molar-refractivity contribution in [2.75, 3.05) is 13.1 Å². The number of piperidine rings is 1. The average molecular weight is 470 g/mol. The molecule has 0 bridgehead atoms. The molecular formula is C24H21Cl2N3O3. The average Bonchev–Trinajstić information content (AvgIpc) is 3.45. The van der Waals surface area contributed by atoms with Gasteiger partial charge in [0, 0.05) is 42.4 Å². The summed E-state index contributed by atoms with van der Waals surface area (Å²) in [6, 6.07) is 12.9. The number of likely N-dealkylation sites (tertiary alicyclic amines) is 1. The molecule has 32 heavy (non-hydrogen) atoms. The van der Waals surface area contributed by atoms with E-state index in [2.05, 4.69) is 9.97 Å². The maximum atomic E-state index is 12.7. The lowest BCUT2D eigenvalue weighted by atomic mass is 9.96. The monoisotopic (exact) mass is 469 g/mol. The van der Waals surface area contributed by atoms with Gasteiger partial charge in [0.05, 0.1) is 11.2 Å². The van der Waals surface area contributed by atoms with E-state index < -0.39 is 0 Å². The summed E-state index contributed by atoms with van der Waals surface area (Å²) < 4.78 is 11.7. The third-order valence-electron chi connectivity index (χ3n) is 5.81. The molecule has 5 rings (SSSR count). The fourth-order valence-corrected chi connectivity index (χ4v) is 4.45. The fraction of sp³-hybridized carbons (Fsp3) is 0.292. The maximum absolute atomic E-state index is 12.7. The first-order chi connectivity index (χ1) is 15.6. The molecule has 164 valence electrons. The van der Waals surface area contributed by atoms with Gasteiger partial charge in [-0.25, -0.2) is 9.97 Å². The molecule has 1 aliphatic rings. The number of halogens is 2. The summed E-state index contributed by atoms with van der Waals surface area (Å²) in [4.78, 5) is 23.5. The Hall–Kier alpha value is -2.83. The van der Waals surface area contributed by atoms with E-state index in [9.17, 15) is 4.79 Å². The summed E-state index contributed by atoms with van der Waals surface area (Å²) in [6.45, 7) is 1.36. The molecule has 2 aromatic carbocycles. The van der Waals surface area contributed by atoms with Crippen LogP contribution in [0.5, 0.6) is 0 Å². The SMILES string of the molecule is O=C(CCc1ncc(-c2ccccc2Cl)o1)N1CCC(c2nc3cc(Cl)ccc3o2)CC1. The Morgan fingerprint density at radius 3 is 2.72 bits per heavy atom. The number of carbonyl (C=O) groups is 1. The zero-order chi connectivity index (χ0) is 22.1. The molecule has 0 atom stereocenters.